The number of aromatic nitrogens is 5. The van der Waals surface area contributed by atoms with Gasteiger partial charge in [-0.25, -0.2) is 4.98 Å². The van der Waals surface area contributed by atoms with Gasteiger partial charge in [-0.3, -0.25) is 9.13 Å². The number of nitrogens with zero attached hydrogens (tertiary/aromatic N) is 5. The fraction of sp³-hybridized carbons (Fsp3) is 0.217. The van der Waals surface area contributed by atoms with Gasteiger partial charge >= 0.3 is 0 Å². The molecule has 0 unspecified atom stereocenters. The average Bonchev–Trinajstić information content (AvgIpc) is 3.85. The van der Waals surface area contributed by atoms with Crippen LogP contribution in [0.5, 0.6) is 11.5 Å². The first kappa shape index (κ1) is 33.3. The van der Waals surface area contributed by atoms with E-state index in [9.17, 15) is 0 Å². The fourth-order valence-electron chi connectivity index (χ4n) is 7.46. The largest absolute Gasteiger partial charge is 0.458 e. The maximum atomic E-state index is 6.57. The highest BCUT2D eigenvalue weighted by molar-refractivity contribution is 6.08. The van der Waals surface area contributed by atoms with Crippen LogP contribution in [0.2, 0.25) is 0 Å². The number of benzene rings is 5. The van der Waals surface area contributed by atoms with Crippen LogP contribution < -0.4 is 9.30 Å². The lowest BCUT2D eigenvalue weighted by atomic mass is 9.84. The van der Waals surface area contributed by atoms with Crippen molar-refractivity contribution in [2.45, 2.75) is 67.3 Å². The summed E-state index contributed by atoms with van der Waals surface area (Å²) in [5.74, 6) is 2.52. The Hall–Kier alpha value is -5.88. The van der Waals surface area contributed by atoms with Gasteiger partial charge in [0.15, 0.2) is 0 Å². The molecule has 8 rings (SSSR count). The molecule has 5 aromatic carbocycles. The number of para-hydroxylation sites is 1. The molecule has 0 radical (unpaired) electrons. The molecule has 0 spiro atoms. The second kappa shape index (κ2) is 12.7. The van der Waals surface area contributed by atoms with E-state index in [1.807, 2.05) is 35.3 Å². The molecule has 0 saturated carbocycles. The molecule has 8 aromatic rings. The predicted molar refractivity (Wildman–Crippen MR) is 211 cm³/mol. The van der Waals surface area contributed by atoms with Crippen molar-refractivity contribution in [3.8, 4) is 28.6 Å². The number of hydrogen-bond donors (Lipinski definition) is 0. The summed E-state index contributed by atoms with van der Waals surface area (Å²) in [5, 5.41) is 2.39. The minimum atomic E-state index is 0.0827. The van der Waals surface area contributed by atoms with Crippen LogP contribution in [0, 0.1) is 40.9 Å². The smallest absolute Gasteiger partial charge is 0.268 e. The lowest BCUT2D eigenvalue weighted by molar-refractivity contribution is -0.599. The summed E-state index contributed by atoms with van der Waals surface area (Å²) in [4.78, 5) is 4.90. The lowest BCUT2D eigenvalue weighted by Crippen LogP contribution is -2.29. The number of fused-ring (bicyclic) bond motifs is 3. The molecule has 0 N–H and O–H groups in total. The summed E-state index contributed by atoms with van der Waals surface area (Å²) in [6.45, 7) is 18.3. The normalized spacial score (nSPS) is 11.9. The Labute approximate surface area is 306 Å². The van der Waals surface area contributed by atoms with Gasteiger partial charge in [-0.2, -0.15) is 0 Å². The predicted octanol–water partition coefficient (Wildman–Crippen LogP) is 10.5. The van der Waals surface area contributed by atoms with Crippen LogP contribution in [0.15, 0.2) is 116 Å². The Bertz CT molecular complexity index is 2600. The van der Waals surface area contributed by atoms with Gasteiger partial charge in [0.1, 0.15) is 17.3 Å². The molecule has 0 amide bonds. The number of ether oxygens (including phenoxy) is 1. The Kier molecular flexibility index (Phi) is 8.13. The molecule has 0 aliphatic heterocycles. The third-order valence-corrected chi connectivity index (χ3v) is 10.3. The Balaban J connectivity index is 1.13. The molecule has 6 heteroatoms. The maximum absolute atomic E-state index is 6.57. The molecule has 0 atom stereocenters. The average molecular weight is 684 g/mol. The van der Waals surface area contributed by atoms with Crippen molar-refractivity contribution < 1.29 is 9.30 Å². The van der Waals surface area contributed by atoms with Crippen molar-refractivity contribution >= 4 is 21.8 Å². The van der Waals surface area contributed by atoms with Gasteiger partial charge in [0.05, 0.1) is 29.1 Å². The third kappa shape index (κ3) is 5.98. The second-order valence-corrected chi connectivity index (χ2v) is 15.2. The zero-order valence-corrected chi connectivity index (χ0v) is 31.3. The number of aryl methyl sites for hydroxylation is 5. The minimum absolute atomic E-state index is 0.0827. The molecule has 0 aliphatic rings. The van der Waals surface area contributed by atoms with Crippen LogP contribution >= 0.6 is 0 Å². The Morgan fingerprint density at radius 3 is 2.21 bits per heavy atom. The highest BCUT2D eigenvalue weighted by Crippen LogP contribution is 2.35. The van der Waals surface area contributed by atoms with Crippen LogP contribution in [0.1, 0.15) is 60.0 Å². The van der Waals surface area contributed by atoms with E-state index >= 15 is 0 Å². The van der Waals surface area contributed by atoms with Crippen LogP contribution in [-0.2, 0) is 12.0 Å². The molecule has 52 heavy (non-hydrogen) atoms. The van der Waals surface area contributed by atoms with E-state index in [0.717, 1.165) is 39.7 Å². The summed E-state index contributed by atoms with van der Waals surface area (Å²) in [6, 6.07) is 32.3. The van der Waals surface area contributed by atoms with E-state index in [2.05, 4.69) is 160 Å². The zero-order valence-electron chi connectivity index (χ0n) is 31.3. The molecular weight excluding hydrogens is 639 g/mol. The summed E-state index contributed by atoms with van der Waals surface area (Å²) < 4.78 is 15.2. The van der Waals surface area contributed by atoms with Gasteiger partial charge in [-0.1, -0.05) is 68.8 Å². The topological polar surface area (TPSA) is 40.8 Å². The summed E-state index contributed by atoms with van der Waals surface area (Å²) >= 11 is 0. The van der Waals surface area contributed by atoms with Gasteiger partial charge in [0, 0.05) is 47.1 Å². The number of hydrogen-bond acceptors (Lipinski definition) is 2. The van der Waals surface area contributed by atoms with Crippen LogP contribution in [0.25, 0.3) is 38.9 Å². The Morgan fingerprint density at radius 1 is 0.692 bits per heavy atom. The van der Waals surface area contributed by atoms with E-state index < -0.39 is 0 Å². The molecule has 3 heterocycles. The Morgan fingerprint density at radius 2 is 1.42 bits per heavy atom. The number of imidazole rings is 2. The molecule has 260 valence electrons. The minimum Gasteiger partial charge on any atom is -0.458 e. The maximum Gasteiger partial charge on any atom is 0.268 e. The quantitative estimate of drug-likeness (QED) is 0.124. The molecule has 3 aromatic heterocycles. The van der Waals surface area contributed by atoms with Crippen molar-refractivity contribution in [2.24, 2.45) is 0 Å². The summed E-state index contributed by atoms with van der Waals surface area (Å²) in [7, 11) is 0. The van der Waals surface area contributed by atoms with E-state index in [0.29, 0.717) is 6.54 Å². The summed E-state index contributed by atoms with van der Waals surface area (Å²) in [5.41, 5.74) is 13.3. The molecule has 0 aliphatic carbocycles. The fourth-order valence-corrected chi connectivity index (χ4v) is 7.46. The SMILES string of the molecule is Cc1cc(C)c(-[n+]2[c-]n(-c3cccc(Oc4ccc5c6ccccc6n(Cc6nccn6-c6c(C)cc(C(C)(C)C)cc6C)c5c4)c3)cc2)cc1C. The zero-order chi connectivity index (χ0) is 36.3. The highest BCUT2D eigenvalue weighted by Gasteiger charge is 2.20. The second-order valence-electron chi connectivity index (χ2n) is 15.2. The first-order valence-corrected chi connectivity index (χ1v) is 18.0. The van der Waals surface area contributed by atoms with Gasteiger partial charge in [0.25, 0.3) is 6.33 Å². The van der Waals surface area contributed by atoms with Gasteiger partial charge in [-0.05, 0) is 110 Å². The third-order valence-electron chi connectivity index (χ3n) is 10.3. The van der Waals surface area contributed by atoms with Gasteiger partial charge in [0.2, 0.25) is 0 Å². The van der Waals surface area contributed by atoms with E-state index in [1.165, 1.54) is 49.8 Å². The lowest BCUT2D eigenvalue weighted by Gasteiger charge is -2.23. The molecule has 0 saturated heterocycles. The first-order valence-electron chi connectivity index (χ1n) is 18.0. The van der Waals surface area contributed by atoms with E-state index in [4.69, 9.17) is 9.72 Å². The van der Waals surface area contributed by atoms with Crippen molar-refractivity contribution in [1.82, 2.24) is 18.7 Å². The first-order chi connectivity index (χ1) is 24.9. The van der Waals surface area contributed by atoms with Crippen LogP contribution in [-0.4, -0.2) is 18.7 Å². The summed E-state index contributed by atoms with van der Waals surface area (Å²) in [6.07, 6.45) is 11.6. The van der Waals surface area contributed by atoms with Gasteiger partial charge < -0.3 is 13.9 Å². The van der Waals surface area contributed by atoms with Crippen molar-refractivity contribution in [2.75, 3.05) is 0 Å². The monoisotopic (exact) mass is 683 g/mol. The van der Waals surface area contributed by atoms with Crippen molar-refractivity contribution in [3.05, 3.63) is 161 Å². The molecule has 6 nitrogen and oxygen atoms in total. The van der Waals surface area contributed by atoms with Crippen LogP contribution in [0.4, 0.5) is 0 Å². The highest BCUT2D eigenvalue weighted by atomic mass is 16.5. The van der Waals surface area contributed by atoms with Crippen molar-refractivity contribution in [1.29, 1.82) is 0 Å². The molecular formula is C46H45N5O. The van der Waals surface area contributed by atoms with Crippen molar-refractivity contribution in [3.63, 3.8) is 0 Å². The standard InChI is InChI=1S/C46H45N5O/c1-30-22-32(3)42(25-31(30)2)49-21-20-48(29-49)36-12-11-13-37(26-36)52-38-16-17-40-39-14-9-10-15-41(39)51(43(40)27-38)28-44-47-18-19-50(44)45-33(4)23-35(24-34(45)5)46(6,7)8/h9-27H,28H2,1-8H3. The number of rotatable bonds is 7. The van der Waals surface area contributed by atoms with Gasteiger partial charge in [-0.15, -0.1) is 0 Å². The molecule has 0 bridgehead atoms. The van der Waals surface area contributed by atoms with Crippen LogP contribution in [0.3, 0.4) is 0 Å². The molecule has 0 fully saturated rings. The van der Waals surface area contributed by atoms with E-state index in [-0.39, 0.29) is 5.41 Å². The van der Waals surface area contributed by atoms with E-state index in [1.54, 1.807) is 0 Å².